The van der Waals surface area contributed by atoms with Crippen LogP contribution in [-0.4, -0.2) is 25.3 Å². The van der Waals surface area contributed by atoms with Crippen LogP contribution in [0.2, 0.25) is 0 Å². The van der Waals surface area contributed by atoms with Crippen molar-refractivity contribution in [3.05, 3.63) is 97.1 Å². The predicted octanol–water partition coefficient (Wildman–Crippen LogP) is 5.94. The number of ether oxygens (including phenoxy) is 3. The highest BCUT2D eigenvalue weighted by Crippen LogP contribution is 2.27. The van der Waals surface area contributed by atoms with Gasteiger partial charge in [-0.1, -0.05) is 79.4 Å². The molecule has 0 atom stereocenters. The average molecular weight is 412 g/mol. The molecule has 0 aliphatic rings. The van der Waals surface area contributed by atoms with Gasteiger partial charge in [0.15, 0.2) is 6.10 Å². The number of carbonyl (C=O) groups is 1. The largest absolute Gasteiger partial charge is 0.489 e. The van der Waals surface area contributed by atoms with Crippen LogP contribution in [0.25, 0.3) is 21.5 Å². The number of carbonyl (C=O) groups excluding carboxylic acids is 1. The standard InChI is InChI=1S/C27H24O4/c1-19(2)27(28)31-22(17-29-25-15-7-11-20-9-3-5-13-23(20)25)18-30-26-16-8-12-21-10-4-6-14-24(21)26/h3-16,22H,1,17-18H2,2H3. The summed E-state index contributed by atoms with van der Waals surface area (Å²) in [4.78, 5) is 12.2. The molecule has 4 nitrogen and oxygen atoms in total. The van der Waals surface area contributed by atoms with Gasteiger partial charge in [-0.15, -0.1) is 0 Å². The molecular weight excluding hydrogens is 388 g/mol. The zero-order valence-corrected chi connectivity index (χ0v) is 17.4. The van der Waals surface area contributed by atoms with E-state index in [-0.39, 0.29) is 13.2 Å². The van der Waals surface area contributed by atoms with Crippen LogP contribution < -0.4 is 9.47 Å². The molecule has 0 aliphatic carbocycles. The lowest BCUT2D eigenvalue weighted by molar-refractivity contribution is -0.147. The summed E-state index contributed by atoms with van der Waals surface area (Å²) in [5.74, 6) is 1.01. The first-order valence-electron chi connectivity index (χ1n) is 10.2. The number of hydrogen-bond acceptors (Lipinski definition) is 4. The zero-order valence-electron chi connectivity index (χ0n) is 17.4. The number of rotatable bonds is 8. The molecule has 4 aromatic carbocycles. The molecule has 0 saturated carbocycles. The molecule has 0 saturated heterocycles. The highest BCUT2D eigenvalue weighted by molar-refractivity contribution is 5.89. The Hall–Kier alpha value is -3.79. The van der Waals surface area contributed by atoms with Crippen molar-refractivity contribution >= 4 is 27.5 Å². The van der Waals surface area contributed by atoms with Gasteiger partial charge in [-0.2, -0.15) is 0 Å². The lowest BCUT2D eigenvalue weighted by atomic mass is 10.1. The summed E-state index contributed by atoms with van der Waals surface area (Å²) in [6.45, 7) is 5.62. The summed E-state index contributed by atoms with van der Waals surface area (Å²) in [6, 6.07) is 27.8. The Morgan fingerprint density at radius 1 is 0.742 bits per heavy atom. The molecule has 0 aromatic heterocycles. The minimum Gasteiger partial charge on any atom is -0.489 e. The highest BCUT2D eigenvalue weighted by Gasteiger charge is 2.18. The molecule has 31 heavy (non-hydrogen) atoms. The molecule has 4 aromatic rings. The second kappa shape index (κ2) is 9.35. The van der Waals surface area contributed by atoms with E-state index in [2.05, 4.69) is 6.58 Å². The Morgan fingerprint density at radius 2 is 1.19 bits per heavy atom. The van der Waals surface area contributed by atoms with Gasteiger partial charge in [0.1, 0.15) is 24.7 Å². The first kappa shape index (κ1) is 20.5. The van der Waals surface area contributed by atoms with E-state index in [0.29, 0.717) is 5.57 Å². The summed E-state index contributed by atoms with van der Waals surface area (Å²) in [7, 11) is 0. The maximum Gasteiger partial charge on any atom is 0.333 e. The van der Waals surface area contributed by atoms with Crippen molar-refractivity contribution in [1.82, 2.24) is 0 Å². The van der Waals surface area contributed by atoms with Gasteiger partial charge in [0.2, 0.25) is 0 Å². The third kappa shape index (κ3) is 4.86. The third-order valence-corrected chi connectivity index (χ3v) is 4.97. The van der Waals surface area contributed by atoms with E-state index < -0.39 is 12.1 Å². The summed E-state index contributed by atoms with van der Waals surface area (Å²) >= 11 is 0. The maximum atomic E-state index is 12.2. The first-order chi connectivity index (χ1) is 15.1. The van der Waals surface area contributed by atoms with Crippen LogP contribution in [0.5, 0.6) is 11.5 Å². The molecule has 0 spiro atoms. The Kier molecular flexibility index (Phi) is 6.18. The second-order valence-electron chi connectivity index (χ2n) is 7.38. The van der Waals surface area contributed by atoms with Crippen LogP contribution in [0.1, 0.15) is 6.92 Å². The number of fused-ring (bicyclic) bond motifs is 2. The fourth-order valence-electron chi connectivity index (χ4n) is 3.38. The number of hydrogen-bond donors (Lipinski definition) is 0. The lowest BCUT2D eigenvalue weighted by Crippen LogP contribution is -2.31. The predicted molar refractivity (Wildman–Crippen MR) is 124 cm³/mol. The van der Waals surface area contributed by atoms with Crippen LogP contribution in [-0.2, 0) is 9.53 Å². The van der Waals surface area contributed by atoms with Gasteiger partial charge in [-0.05, 0) is 29.8 Å². The van der Waals surface area contributed by atoms with Gasteiger partial charge in [0, 0.05) is 16.3 Å². The molecule has 0 fully saturated rings. The normalized spacial score (nSPS) is 10.9. The van der Waals surface area contributed by atoms with E-state index in [1.165, 1.54) is 0 Å². The Morgan fingerprint density at radius 3 is 1.68 bits per heavy atom. The molecule has 0 aliphatic heterocycles. The molecular formula is C27H24O4. The summed E-state index contributed by atoms with van der Waals surface area (Å²) in [5.41, 5.74) is 0.334. The summed E-state index contributed by atoms with van der Waals surface area (Å²) < 4.78 is 17.7. The SMILES string of the molecule is C=C(C)C(=O)OC(COc1cccc2ccccc12)COc1cccc2ccccc12. The van der Waals surface area contributed by atoms with Gasteiger partial charge in [0.05, 0.1) is 0 Å². The second-order valence-corrected chi connectivity index (χ2v) is 7.38. The van der Waals surface area contributed by atoms with Gasteiger partial charge in [0.25, 0.3) is 0 Å². The van der Waals surface area contributed by atoms with Crippen LogP contribution in [0.15, 0.2) is 97.1 Å². The molecule has 0 bridgehead atoms. The topological polar surface area (TPSA) is 44.8 Å². The van der Waals surface area contributed by atoms with Crippen LogP contribution in [0.4, 0.5) is 0 Å². The number of esters is 1. The fraction of sp³-hybridized carbons (Fsp3) is 0.148. The monoisotopic (exact) mass is 412 g/mol. The molecule has 156 valence electrons. The van der Waals surface area contributed by atoms with E-state index in [4.69, 9.17) is 14.2 Å². The van der Waals surface area contributed by atoms with E-state index in [9.17, 15) is 4.79 Å². The third-order valence-electron chi connectivity index (χ3n) is 4.97. The van der Waals surface area contributed by atoms with Crippen molar-refractivity contribution in [3.63, 3.8) is 0 Å². The van der Waals surface area contributed by atoms with Crippen molar-refractivity contribution in [2.75, 3.05) is 13.2 Å². The smallest absolute Gasteiger partial charge is 0.333 e. The van der Waals surface area contributed by atoms with Gasteiger partial charge in [-0.3, -0.25) is 0 Å². The van der Waals surface area contributed by atoms with E-state index in [0.717, 1.165) is 33.0 Å². The Bertz CT molecular complexity index is 1130. The van der Waals surface area contributed by atoms with Crippen molar-refractivity contribution in [3.8, 4) is 11.5 Å². The maximum absolute atomic E-state index is 12.2. The molecule has 4 heteroatoms. The highest BCUT2D eigenvalue weighted by atomic mass is 16.6. The minimum absolute atomic E-state index is 0.164. The van der Waals surface area contributed by atoms with E-state index >= 15 is 0 Å². The molecule has 0 heterocycles. The lowest BCUT2D eigenvalue weighted by Gasteiger charge is -2.20. The Labute approximate surface area is 181 Å². The van der Waals surface area contributed by atoms with Crippen LogP contribution >= 0.6 is 0 Å². The van der Waals surface area contributed by atoms with Crippen LogP contribution in [0, 0.1) is 0 Å². The van der Waals surface area contributed by atoms with Crippen molar-refractivity contribution in [2.24, 2.45) is 0 Å². The summed E-state index contributed by atoms with van der Waals surface area (Å²) in [5, 5.41) is 4.18. The van der Waals surface area contributed by atoms with E-state index in [1.807, 2.05) is 84.9 Å². The van der Waals surface area contributed by atoms with Crippen molar-refractivity contribution in [2.45, 2.75) is 13.0 Å². The van der Waals surface area contributed by atoms with Gasteiger partial charge < -0.3 is 14.2 Å². The zero-order chi connectivity index (χ0) is 21.6. The average Bonchev–Trinajstić information content (AvgIpc) is 2.80. The fourth-order valence-corrected chi connectivity index (χ4v) is 3.38. The van der Waals surface area contributed by atoms with Gasteiger partial charge >= 0.3 is 5.97 Å². The molecule has 0 amide bonds. The summed E-state index contributed by atoms with van der Waals surface area (Å²) in [6.07, 6.45) is -0.595. The van der Waals surface area contributed by atoms with Gasteiger partial charge in [-0.25, -0.2) is 4.79 Å². The Balaban J connectivity index is 1.51. The molecule has 0 N–H and O–H groups in total. The van der Waals surface area contributed by atoms with Crippen molar-refractivity contribution in [1.29, 1.82) is 0 Å². The minimum atomic E-state index is -0.595. The van der Waals surface area contributed by atoms with Crippen LogP contribution in [0.3, 0.4) is 0 Å². The molecule has 0 radical (unpaired) electrons. The molecule has 4 rings (SSSR count). The first-order valence-corrected chi connectivity index (χ1v) is 10.2. The number of benzene rings is 4. The van der Waals surface area contributed by atoms with E-state index in [1.54, 1.807) is 6.92 Å². The molecule has 0 unspecified atom stereocenters. The van der Waals surface area contributed by atoms with Crippen molar-refractivity contribution < 1.29 is 19.0 Å². The quantitative estimate of drug-likeness (QED) is 0.265.